The monoisotopic (exact) mass is 257 g/mol. The summed E-state index contributed by atoms with van der Waals surface area (Å²) in [4.78, 5) is 0. The number of rotatable bonds is 1. The number of aliphatic hydroxyl groups is 1. The molecule has 1 aliphatic heterocycles. The number of hydrogen-bond donors (Lipinski definition) is 2. The van der Waals surface area contributed by atoms with Crippen LogP contribution >= 0.6 is 15.9 Å². The van der Waals surface area contributed by atoms with E-state index in [0.717, 1.165) is 27.8 Å². The van der Waals surface area contributed by atoms with Gasteiger partial charge in [0.1, 0.15) is 11.9 Å². The van der Waals surface area contributed by atoms with Crippen LogP contribution in [0, 0.1) is 6.92 Å². The molecule has 0 aromatic heterocycles. The molecule has 0 bridgehead atoms. The summed E-state index contributed by atoms with van der Waals surface area (Å²) >= 11 is 3.50. The van der Waals surface area contributed by atoms with E-state index in [1.807, 2.05) is 13.0 Å². The third-order valence-corrected chi connectivity index (χ3v) is 3.54. The molecular formula is C10H12BrNO2. The Morgan fingerprint density at radius 1 is 1.71 bits per heavy atom. The maximum atomic E-state index is 9.01. The van der Waals surface area contributed by atoms with Crippen LogP contribution in [-0.4, -0.2) is 17.8 Å². The minimum atomic E-state index is -0.148. The summed E-state index contributed by atoms with van der Waals surface area (Å²) < 4.78 is 6.56. The number of anilines is 1. The zero-order chi connectivity index (χ0) is 10.3. The Balaban J connectivity index is 2.50. The van der Waals surface area contributed by atoms with Crippen LogP contribution in [0.4, 0.5) is 5.69 Å². The van der Waals surface area contributed by atoms with Gasteiger partial charge in [-0.1, -0.05) is 15.9 Å². The second-order valence-electron chi connectivity index (χ2n) is 3.53. The van der Waals surface area contributed by atoms with Gasteiger partial charge in [0.2, 0.25) is 0 Å². The molecule has 0 amide bonds. The molecule has 4 heteroatoms. The van der Waals surface area contributed by atoms with Crippen molar-refractivity contribution in [3.8, 4) is 5.75 Å². The lowest BCUT2D eigenvalue weighted by molar-refractivity contribution is 0.135. The van der Waals surface area contributed by atoms with E-state index < -0.39 is 0 Å². The van der Waals surface area contributed by atoms with Crippen molar-refractivity contribution in [2.45, 2.75) is 19.4 Å². The molecule has 1 heterocycles. The maximum absolute atomic E-state index is 9.01. The van der Waals surface area contributed by atoms with Gasteiger partial charge in [-0.2, -0.15) is 0 Å². The summed E-state index contributed by atoms with van der Waals surface area (Å²) in [6.45, 7) is 2.02. The molecule has 3 N–H and O–H groups in total. The van der Waals surface area contributed by atoms with E-state index >= 15 is 0 Å². The van der Waals surface area contributed by atoms with Gasteiger partial charge < -0.3 is 15.6 Å². The molecule has 1 aliphatic rings. The summed E-state index contributed by atoms with van der Waals surface area (Å²) in [5, 5.41) is 9.01. The van der Waals surface area contributed by atoms with E-state index in [2.05, 4.69) is 15.9 Å². The number of aryl methyl sites for hydroxylation is 1. The first-order chi connectivity index (χ1) is 6.63. The molecule has 2 rings (SSSR count). The quantitative estimate of drug-likeness (QED) is 0.753. The van der Waals surface area contributed by atoms with Gasteiger partial charge in [-0.25, -0.2) is 0 Å². The van der Waals surface area contributed by atoms with Crippen molar-refractivity contribution < 1.29 is 9.84 Å². The van der Waals surface area contributed by atoms with Crippen molar-refractivity contribution >= 4 is 21.6 Å². The number of hydrogen-bond acceptors (Lipinski definition) is 3. The van der Waals surface area contributed by atoms with Gasteiger partial charge in [-0.3, -0.25) is 0 Å². The Bertz CT molecular complexity index is 379. The number of benzene rings is 1. The molecule has 14 heavy (non-hydrogen) atoms. The topological polar surface area (TPSA) is 55.5 Å². The molecular weight excluding hydrogens is 246 g/mol. The first-order valence-corrected chi connectivity index (χ1v) is 5.27. The third-order valence-electron chi connectivity index (χ3n) is 2.44. The molecule has 0 saturated carbocycles. The van der Waals surface area contributed by atoms with Gasteiger partial charge >= 0.3 is 0 Å². The smallest absolute Gasteiger partial charge is 0.147 e. The number of ether oxygens (including phenoxy) is 1. The third kappa shape index (κ3) is 1.38. The van der Waals surface area contributed by atoms with Crippen LogP contribution in [0.5, 0.6) is 5.75 Å². The van der Waals surface area contributed by atoms with Gasteiger partial charge in [0, 0.05) is 16.5 Å². The van der Waals surface area contributed by atoms with Crippen LogP contribution in [-0.2, 0) is 6.42 Å². The molecule has 0 fully saturated rings. The Labute approximate surface area is 91.0 Å². The van der Waals surface area contributed by atoms with Crippen LogP contribution in [0.1, 0.15) is 11.1 Å². The highest BCUT2D eigenvalue weighted by Crippen LogP contribution is 2.40. The molecule has 0 unspecified atom stereocenters. The minimum absolute atomic E-state index is 0.0274. The largest absolute Gasteiger partial charge is 0.485 e. The highest BCUT2D eigenvalue weighted by atomic mass is 79.9. The lowest BCUT2D eigenvalue weighted by atomic mass is 10.1. The molecule has 0 aliphatic carbocycles. The number of nitrogen functional groups attached to an aromatic ring is 1. The van der Waals surface area contributed by atoms with Crippen molar-refractivity contribution in [2.75, 3.05) is 12.3 Å². The standard InChI is InChI=1S/C10H12BrNO2/c1-5-2-8(12)10-7(9(5)11)3-6(4-13)14-10/h2,6,13H,3-4,12H2,1H3/t6-/m0/s1. The van der Waals surface area contributed by atoms with Crippen LogP contribution < -0.4 is 10.5 Å². The first-order valence-electron chi connectivity index (χ1n) is 4.48. The number of halogens is 1. The van der Waals surface area contributed by atoms with Crippen LogP contribution in [0.15, 0.2) is 10.5 Å². The van der Waals surface area contributed by atoms with Crippen molar-refractivity contribution in [3.63, 3.8) is 0 Å². The highest BCUT2D eigenvalue weighted by Gasteiger charge is 2.27. The zero-order valence-corrected chi connectivity index (χ0v) is 9.47. The van der Waals surface area contributed by atoms with E-state index in [0.29, 0.717) is 5.69 Å². The summed E-state index contributed by atoms with van der Waals surface area (Å²) in [5.41, 5.74) is 8.65. The Hall–Kier alpha value is -0.740. The number of aliphatic hydroxyl groups excluding tert-OH is 1. The van der Waals surface area contributed by atoms with Gasteiger partial charge in [0.15, 0.2) is 0 Å². The Morgan fingerprint density at radius 2 is 2.43 bits per heavy atom. The predicted molar refractivity (Wildman–Crippen MR) is 58.5 cm³/mol. The average molecular weight is 258 g/mol. The molecule has 76 valence electrons. The van der Waals surface area contributed by atoms with E-state index in [1.54, 1.807) is 0 Å². The minimum Gasteiger partial charge on any atom is -0.485 e. The summed E-state index contributed by atoms with van der Waals surface area (Å²) in [6.07, 6.45) is 0.573. The highest BCUT2D eigenvalue weighted by molar-refractivity contribution is 9.10. The van der Waals surface area contributed by atoms with Crippen molar-refractivity contribution in [2.24, 2.45) is 0 Å². The number of fused-ring (bicyclic) bond motifs is 1. The summed E-state index contributed by atoms with van der Waals surface area (Å²) in [6, 6.07) is 1.88. The molecule has 3 nitrogen and oxygen atoms in total. The van der Waals surface area contributed by atoms with Gasteiger partial charge in [-0.15, -0.1) is 0 Å². The van der Waals surface area contributed by atoms with Crippen molar-refractivity contribution in [1.29, 1.82) is 0 Å². The molecule has 1 aromatic rings. The lowest BCUT2D eigenvalue weighted by Gasteiger charge is -2.08. The fourth-order valence-corrected chi connectivity index (χ4v) is 2.19. The van der Waals surface area contributed by atoms with Gasteiger partial charge in [0.05, 0.1) is 12.3 Å². The lowest BCUT2D eigenvalue weighted by Crippen LogP contribution is -2.17. The van der Waals surface area contributed by atoms with Crippen molar-refractivity contribution in [3.05, 3.63) is 21.7 Å². The predicted octanol–water partition coefficient (Wildman–Crippen LogP) is 1.64. The van der Waals surface area contributed by atoms with Crippen LogP contribution in [0.2, 0.25) is 0 Å². The SMILES string of the molecule is Cc1cc(N)c2c(c1Br)C[C@@H](CO)O2. The first kappa shape index (κ1) is 9.80. The molecule has 0 spiro atoms. The molecule has 1 atom stereocenters. The normalized spacial score (nSPS) is 19.2. The van der Waals surface area contributed by atoms with Crippen LogP contribution in [0.25, 0.3) is 0 Å². The second-order valence-corrected chi connectivity index (χ2v) is 4.32. The molecule has 1 aromatic carbocycles. The summed E-state index contributed by atoms with van der Waals surface area (Å²) in [5.74, 6) is 0.724. The van der Waals surface area contributed by atoms with Crippen LogP contribution in [0.3, 0.4) is 0 Å². The summed E-state index contributed by atoms with van der Waals surface area (Å²) in [7, 11) is 0. The Kier molecular flexibility index (Phi) is 2.41. The Morgan fingerprint density at radius 3 is 3.07 bits per heavy atom. The fraction of sp³-hybridized carbons (Fsp3) is 0.400. The maximum Gasteiger partial charge on any atom is 0.147 e. The average Bonchev–Trinajstić information content (AvgIpc) is 2.58. The molecule has 0 radical (unpaired) electrons. The second kappa shape index (κ2) is 3.44. The van der Waals surface area contributed by atoms with Gasteiger partial charge in [0.25, 0.3) is 0 Å². The fourth-order valence-electron chi connectivity index (χ4n) is 1.73. The van der Waals surface area contributed by atoms with E-state index in [4.69, 9.17) is 15.6 Å². The number of nitrogens with two attached hydrogens (primary N) is 1. The molecule has 0 saturated heterocycles. The van der Waals surface area contributed by atoms with E-state index in [1.165, 1.54) is 0 Å². The van der Waals surface area contributed by atoms with Crippen molar-refractivity contribution in [1.82, 2.24) is 0 Å². The van der Waals surface area contributed by atoms with Gasteiger partial charge in [-0.05, 0) is 18.6 Å². The van der Waals surface area contributed by atoms with E-state index in [-0.39, 0.29) is 12.7 Å². The zero-order valence-electron chi connectivity index (χ0n) is 7.88. The van der Waals surface area contributed by atoms with E-state index in [9.17, 15) is 0 Å².